The Balaban J connectivity index is 3.92. The lowest BCUT2D eigenvalue weighted by molar-refractivity contribution is 1.23. The van der Waals surface area contributed by atoms with Gasteiger partial charge in [-0.15, -0.1) is 13.2 Å². The molecule has 0 radical (unpaired) electrons. The topological polar surface area (TPSA) is 23.8 Å². The van der Waals surface area contributed by atoms with Crippen LogP contribution in [-0.2, 0) is 0 Å². The summed E-state index contributed by atoms with van der Waals surface area (Å²) in [6.07, 6.45) is 6.76. The zero-order valence-corrected chi connectivity index (χ0v) is 6.01. The Kier molecular flexibility index (Phi) is 5.09. The van der Waals surface area contributed by atoms with Crippen LogP contribution in [0, 0.1) is 11.3 Å². The molecule has 0 aromatic carbocycles. The standard InChI is InChI=1S/C9H11N/c1-3-5-7-9(8-10)6-4-2/h3-4,7H,1-2,5-6H2/b9-7+. The molecule has 0 aliphatic rings. The van der Waals surface area contributed by atoms with Gasteiger partial charge in [-0.3, -0.25) is 0 Å². The van der Waals surface area contributed by atoms with Crippen molar-refractivity contribution in [3.8, 4) is 6.07 Å². The fraction of sp³-hybridized carbons (Fsp3) is 0.222. The molecule has 0 aromatic heterocycles. The highest BCUT2D eigenvalue weighted by molar-refractivity contribution is 5.23. The third-order valence-corrected chi connectivity index (χ3v) is 1.04. The van der Waals surface area contributed by atoms with Crippen molar-refractivity contribution in [3.63, 3.8) is 0 Å². The van der Waals surface area contributed by atoms with Crippen LogP contribution in [0.1, 0.15) is 12.8 Å². The molecule has 0 heterocycles. The molecule has 0 saturated heterocycles. The van der Waals surface area contributed by atoms with Crippen molar-refractivity contribution in [1.82, 2.24) is 0 Å². The Morgan fingerprint density at radius 1 is 1.40 bits per heavy atom. The van der Waals surface area contributed by atoms with E-state index in [1.807, 2.05) is 6.08 Å². The molecule has 0 aliphatic heterocycles. The molecule has 1 nitrogen and oxygen atoms in total. The van der Waals surface area contributed by atoms with Crippen LogP contribution in [0.15, 0.2) is 37.0 Å². The molecule has 0 rings (SSSR count). The third kappa shape index (κ3) is 3.68. The summed E-state index contributed by atoms with van der Waals surface area (Å²) >= 11 is 0. The maximum absolute atomic E-state index is 8.48. The maximum Gasteiger partial charge on any atom is 0.0947 e. The van der Waals surface area contributed by atoms with Gasteiger partial charge in [-0.1, -0.05) is 18.2 Å². The molecule has 0 N–H and O–H groups in total. The number of rotatable bonds is 4. The van der Waals surface area contributed by atoms with Crippen molar-refractivity contribution in [2.24, 2.45) is 0 Å². The highest BCUT2D eigenvalue weighted by Crippen LogP contribution is 2.01. The predicted molar refractivity (Wildman–Crippen MR) is 43.3 cm³/mol. The lowest BCUT2D eigenvalue weighted by atomic mass is 10.2. The van der Waals surface area contributed by atoms with Gasteiger partial charge in [0.15, 0.2) is 0 Å². The van der Waals surface area contributed by atoms with Gasteiger partial charge in [-0.2, -0.15) is 5.26 Å². The van der Waals surface area contributed by atoms with Crippen molar-refractivity contribution >= 4 is 0 Å². The molecule has 0 aliphatic carbocycles. The molecule has 0 amide bonds. The van der Waals surface area contributed by atoms with Crippen LogP contribution in [0.4, 0.5) is 0 Å². The Labute approximate surface area is 62.0 Å². The summed E-state index contributed by atoms with van der Waals surface area (Å²) in [5, 5.41) is 8.48. The molecular weight excluding hydrogens is 122 g/mol. The summed E-state index contributed by atoms with van der Waals surface area (Å²) in [5.74, 6) is 0. The van der Waals surface area contributed by atoms with E-state index in [0.717, 1.165) is 12.0 Å². The Hall–Kier alpha value is -1.29. The van der Waals surface area contributed by atoms with E-state index in [1.54, 1.807) is 12.2 Å². The Morgan fingerprint density at radius 2 is 2.10 bits per heavy atom. The first kappa shape index (κ1) is 8.71. The summed E-state index contributed by atoms with van der Waals surface area (Å²) in [7, 11) is 0. The summed E-state index contributed by atoms with van der Waals surface area (Å²) in [5.41, 5.74) is 0.759. The van der Waals surface area contributed by atoms with Gasteiger partial charge in [0.1, 0.15) is 0 Å². The predicted octanol–water partition coefficient (Wildman–Crippen LogP) is 2.59. The fourth-order valence-corrected chi connectivity index (χ4v) is 0.556. The molecule has 1 heteroatoms. The second-order valence-corrected chi connectivity index (χ2v) is 1.86. The average Bonchev–Trinajstić information content (AvgIpc) is 1.98. The Morgan fingerprint density at radius 3 is 2.50 bits per heavy atom. The largest absolute Gasteiger partial charge is 0.193 e. The first-order valence-electron chi connectivity index (χ1n) is 3.16. The van der Waals surface area contributed by atoms with Gasteiger partial charge in [0.05, 0.1) is 6.07 Å². The van der Waals surface area contributed by atoms with Crippen LogP contribution in [-0.4, -0.2) is 0 Å². The minimum absolute atomic E-state index is 0.657. The van der Waals surface area contributed by atoms with Crippen LogP contribution in [0.3, 0.4) is 0 Å². The third-order valence-electron chi connectivity index (χ3n) is 1.04. The zero-order chi connectivity index (χ0) is 7.82. The minimum Gasteiger partial charge on any atom is -0.193 e. The number of allylic oxidation sites excluding steroid dienone is 4. The molecule has 0 atom stereocenters. The van der Waals surface area contributed by atoms with Crippen molar-refractivity contribution < 1.29 is 0 Å². The molecule has 0 bridgehead atoms. The van der Waals surface area contributed by atoms with E-state index in [-0.39, 0.29) is 0 Å². The van der Waals surface area contributed by atoms with E-state index in [0.29, 0.717) is 6.42 Å². The van der Waals surface area contributed by atoms with E-state index >= 15 is 0 Å². The first-order chi connectivity index (χ1) is 4.85. The van der Waals surface area contributed by atoms with Crippen LogP contribution < -0.4 is 0 Å². The van der Waals surface area contributed by atoms with Gasteiger partial charge in [0, 0.05) is 5.57 Å². The van der Waals surface area contributed by atoms with Gasteiger partial charge < -0.3 is 0 Å². The molecule has 0 spiro atoms. The highest BCUT2D eigenvalue weighted by atomic mass is 14.2. The maximum atomic E-state index is 8.48. The van der Waals surface area contributed by atoms with Crippen molar-refractivity contribution in [3.05, 3.63) is 37.0 Å². The lowest BCUT2D eigenvalue weighted by Gasteiger charge is -1.87. The van der Waals surface area contributed by atoms with Crippen molar-refractivity contribution in [1.29, 1.82) is 5.26 Å². The van der Waals surface area contributed by atoms with E-state index in [4.69, 9.17) is 5.26 Å². The summed E-state index contributed by atoms with van der Waals surface area (Å²) in [6.45, 7) is 7.09. The lowest BCUT2D eigenvalue weighted by Crippen LogP contribution is -1.73. The first-order valence-corrected chi connectivity index (χ1v) is 3.16. The normalized spacial score (nSPS) is 10.1. The second kappa shape index (κ2) is 5.84. The molecular formula is C9H11N. The highest BCUT2D eigenvalue weighted by Gasteiger charge is 1.87. The SMILES string of the molecule is C=CC/C=C(/C#N)CC=C. The molecule has 0 aromatic rings. The van der Waals surface area contributed by atoms with Gasteiger partial charge in [-0.25, -0.2) is 0 Å². The number of nitriles is 1. The summed E-state index contributed by atoms with van der Waals surface area (Å²) in [4.78, 5) is 0. The molecule has 0 unspecified atom stereocenters. The van der Waals surface area contributed by atoms with Crippen LogP contribution in [0.5, 0.6) is 0 Å². The number of hydrogen-bond acceptors (Lipinski definition) is 1. The zero-order valence-electron chi connectivity index (χ0n) is 6.01. The van der Waals surface area contributed by atoms with Crippen molar-refractivity contribution in [2.75, 3.05) is 0 Å². The molecule has 0 saturated carbocycles. The number of hydrogen-bond donors (Lipinski definition) is 0. The average molecular weight is 133 g/mol. The van der Waals surface area contributed by atoms with Crippen molar-refractivity contribution in [2.45, 2.75) is 12.8 Å². The molecule has 0 fully saturated rings. The Bertz CT molecular complexity index is 181. The second-order valence-electron chi connectivity index (χ2n) is 1.86. The van der Waals surface area contributed by atoms with Gasteiger partial charge >= 0.3 is 0 Å². The van der Waals surface area contributed by atoms with Crippen LogP contribution >= 0.6 is 0 Å². The van der Waals surface area contributed by atoms with Gasteiger partial charge in [0.2, 0.25) is 0 Å². The molecule has 52 valence electrons. The van der Waals surface area contributed by atoms with Gasteiger partial charge in [0.25, 0.3) is 0 Å². The fourth-order valence-electron chi connectivity index (χ4n) is 0.556. The van der Waals surface area contributed by atoms with E-state index < -0.39 is 0 Å². The number of nitrogens with zero attached hydrogens (tertiary/aromatic N) is 1. The van der Waals surface area contributed by atoms with Gasteiger partial charge in [-0.05, 0) is 12.8 Å². The quantitative estimate of drug-likeness (QED) is 0.427. The summed E-state index contributed by atoms with van der Waals surface area (Å²) < 4.78 is 0. The van der Waals surface area contributed by atoms with Crippen LogP contribution in [0.25, 0.3) is 0 Å². The van der Waals surface area contributed by atoms with E-state index in [1.165, 1.54) is 0 Å². The smallest absolute Gasteiger partial charge is 0.0947 e. The minimum atomic E-state index is 0.657. The van der Waals surface area contributed by atoms with E-state index in [9.17, 15) is 0 Å². The van der Waals surface area contributed by atoms with E-state index in [2.05, 4.69) is 19.2 Å². The monoisotopic (exact) mass is 133 g/mol. The van der Waals surface area contributed by atoms with Crippen LogP contribution in [0.2, 0.25) is 0 Å². The molecule has 10 heavy (non-hydrogen) atoms. The summed E-state index contributed by atoms with van der Waals surface area (Å²) in [6, 6.07) is 2.08.